The van der Waals surface area contributed by atoms with Crippen LogP contribution in [0.25, 0.3) is 22.3 Å². The van der Waals surface area contributed by atoms with Gasteiger partial charge in [-0.25, -0.2) is 0 Å². The third kappa shape index (κ3) is 4.03. The van der Waals surface area contributed by atoms with Crippen molar-refractivity contribution in [1.82, 2.24) is 0 Å². The summed E-state index contributed by atoms with van der Waals surface area (Å²) in [6.07, 6.45) is 9.73. The third-order valence-corrected chi connectivity index (χ3v) is 7.04. The highest BCUT2D eigenvalue weighted by Gasteiger charge is 2.35. The maximum absolute atomic E-state index is 4.18. The average Bonchev–Trinajstić information content (AvgIpc) is 3.15. The fourth-order valence-electron chi connectivity index (χ4n) is 5.27. The highest BCUT2D eigenvalue weighted by atomic mass is 15.1. The molecule has 0 radical (unpaired) electrons. The SMILES string of the molecule is C=C/C=C/C=C(/C=C)N(c1ccc2c(c1)-c1ccccc1C2(C)C)c1ccccc1-c1ccccc1. The molecule has 0 bridgehead atoms. The van der Waals surface area contributed by atoms with Gasteiger partial charge in [0.2, 0.25) is 0 Å². The van der Waals surface area contributed by atoms with Crippen molar-refractivity contribution in [2.24, 2.45) is 0 Å². The summed E-state index contributed by atoms with van der Waals surface area (Å²) in [5.41, 5.74) is 10.8. The zero-order valence-electron chi connectivity index (χ0n) is 21.0. The maximum Gasteiger partial charge on any atom is 0.0540 e. The first-order valence-electron chi connectivity index (χ1n) is 12.4. The number of benzene rings is 4. The van der Waals surface area contributed by atoms with Gasteiger partial charge in [0, 0.05) is 22.4 Å². The second kappa shape index (κ2) is 9.71. The summed E-state index contributed by atoms with van der Waals surface area (Å²) in [6.45, 7) is 12.6. The fraction of sp³-hybridized carbons (Fsp3) is 0.0857. The smallest absolute Gasteiger partial charge is 0.0540 e. The van der Waals surface area contributed by atoms with E-state index >= 15 is 0 Å². The molecule has 0 saturated carbocycles. The molecule has 176 valence electrons. The van der Waals surface area contributed by atoms with Crippen LogP contribution in [0.1, 0.15) is 25.0 Å². The van der Waals surface area contributed by atoms with E-state index in [0.29, 0.717) is 0 Å². The van der Waals surface area contributed by atoms with Crippen LogP contribution < -0.4 is 4.90 Å². The van der Waals surface area contributed by atoms with Gasteiger partial charge in [0.15, 0.2) is 0 Å². The van der Waals surface area contributed by atoms with Gasteiger partial charge in [-0.1, -0.05) is 124 Å². The molecule has 1 aliphatic rings. The minimum Gasteiger partial charge on any atom is -0.310 e. The Morgan fingerprint density at radius 3 is 2.11 bits per heavy atom. The van der Waals surface area contributed by atoms with Gasteiger partial charge < -0.3 is 4.90 Å². The molecule has 1 nitrogen and oxygen atoms in total. The first-order valence-corrected chi connectivity index (χ1v) is 12.4. The molecule has 0 saturated heterocycles. The standard InChI is InChI=1S/C35H31N/c1-5-7-9-18-27(6-2)36(34-22-15-13-19-29(34)26-16-10-8-11-17-26)28-23-24-33-31(25-28)30-20-12-14-21-32(30)35(33,3)4/h5-25H,1-2H2,3-4H3/b9-7+,27-18-. The Labute approximate surface area is 215 Å². The fourth-order valence-corrected chi connectivity index (χ4v) is 5.27. The van der Waals surface area contributed by atoms with Crippen molar-refractivity contribution in [3.8, 4) is 22.3 Å². The van der Waals surface area contributed by atoms with Crippen molar-refractivity contribution in [2.75, 3.05) is 4.90 Å². The lowest BCUT2D eigenvalue weighted by molar-refractivity contribution is 0.660. The predicted molar refractivity (Wildman–Crippen MR) is 156 cm³/mol. The van der Waals surface area contributed by atoms with Crippen molar-refractivity contribution in [1.29, 1.82) is 0 Å². The summed E-state index contributed by atoms with van der Waals surface area (Å²) in [5, 5.41) is 0. The van der Waals surface area contributed by atoms with Gasteiger partial charge >= 0.3 is 0 Å². The summed E-state index contributed by atoms with van der Waals surface area (Å²) in [5.74, 6) is 0. The normalized spacial score (nSPS) is 13.8. The van der Waals surface area contributed by atoms with Gasteiger partial charge in [-0.2, -0.15) is 0 Å². The molecule has 0 aromatic heterocycles. The molecular formula is C35H31N. The van der Waals surface area contributed by atoms with Crippen LogP contribution in [0.3, 0.4) is 0 Å². The quantitative estimate of drug-likeness (QED) is 0.246. The molecule has 4 aromatic rings. The number of allylic oxidation sites excluding steroid dienone is 5. The number of hydrogen-bond acceptors (Lipinski definition) is 1. The Kier molecular flexibility index (Phi) is 6.31. The van der Waals surface area contributed by atoms with Crippen LogP contribution in [0.15, 0.2) is 146 Å². The highest BCUT2D eigenvalue weighted by Crippen LogP contribution is 2.50. The molecule has 0 unspecified atom stereocenters. The molecule has 0 aliphatic heterocycles. The van der Waals surface area contributed by atoms with Crippen LogP contribution in [-0.2, 0) is 5.41 Å². The molecule has 0 spiro atoms. The molecule has 36 heavy (non-hydrogen) atoms. The third-order valence-electron chi connectivity index (χ3n) is 7.04. The summed E-state index contributed by atoms with van der Waals surface area (Å²) in [4.78, 5) is 2.30. The van der Waals surface area contributed by atoms with E-state index < -0.39 is 0 Å². The molecule has 5 rings (SSSR count). The van der Waals surface area contributed by atoms with E-state index in [1.807, 2.05) is 18.2 Å². The lowest BCUT2D eigenvalue weighted by atomic mass is 9.82. The Morgan fingerprint density at radius 1 is 0.694 bits per heavy atom. The van der Waals surface area contributed by atoms with E-state index in [0.717, 1.165) is 17.1 Å². The Morgan fingerprint density at radius 2 is 1.36 bits per heavy atom. The van der Waals surface area contributed by atoms with Crippen molar-refractivity contribution in [2.45, 2.75) is 19.3 Å². The first-order chi connectivity index (χ1) is 17.6. The van der Waals surface area contributed by atoms with Gasteiger partial charge in [-0.05, 0) is 58.2 Å². The van der Waals surface area contributed by atoms with Gasteiger partial charge in [0.25, 0.3) is 0 Å². The molecule has 1 aliphatic carbocycles. The van der Waals surface area contributed by atoms with Crippen LogP contribution in [0, 0.1) is 0 Å². The minimum absolute atomic E-state index is 0.0267. The Bertz CT molecular complexity index is 1480. The monoisotopic (exact) mass is 465 g/mol. The summed E-state index contributed by atoms with van der Waals surface area (Å²) in [7, 11) is 0. The number of hydrogen-bond donors (Lipinski definition) is 0. The van der Waals surface area contributed by atoms with E-state index in [1.165, 1.54) is 33.4 Å². The molecule has 0 heterocycles. The van der Waals surface area contributed by atoms with Crippen molar-refractivity contribution in [3.63, 3.8) is 0 Å². The van der Waals surface area contributed by atoms with Gasteiger partial charge in [-0.15, -0.1) is 0 Å². The Hall–Kier alpha value is -4.36. The number of rotatable bonds is 7. The molecule has 1 heteroatoms. The van der Waals surface area contributed by atoms with Gasteiger partial charge in [-0.3, -0.25) is 0 Å². The van der Waals surface area contributed by atoms with Crippen LogP contribution >= 0.6 is 0 Å². The van der Waals surface area contributed by atoms with Crippen LogP contribution in [0.5, 0.6) is 0 Å². The largest absolute Gasteiger partial charge is 0.310 e. The number of para-hydroxylation sites is 1. The molecule has 0 amide bonds. The zero-order valence-corrected chi connectivity index (χ0v) is 21.0. The number of fused-ring (bicyclic) bond motifs is 3. The summed E-state index contributed by atoms with van der Waals surface area (Å²) >= 11 is 0. The van der Waals surface area contributed by atoms with Crippen LogP contribution in [-0.4, -0.2) is 0 Å². The number of nitrogens with zero attached hydrogens (tertiary/aromatic N) is 1. The summed E-state index contributed by atoms with van der Waals surface area (Å²) in [6, 6.07) is 34.7. The van der Waals surface area contributed by atoms with E-state index in [9.17, 15) is 0 Å². The molecule has 0 atom stereocenters. The molecule has 4 aromatic carbocycles. The first kappa shape index (κ1) is 23.4. The number of anilines is 2. The molecule has 0 N–H and O–H groups in total. The molecule has 0 fully saturated rings. The summed E-state index contributed by atoms with van der Waals surface area (Å²) < 4.78 is 0. The van der Waals surface area contributed by atoms with E-state index in [-0.39, 0.29) is 5.41 Å². The second-order valence-corrected chi connectivity index (χ2v) is 9.54. The van der Waals surface area contributed by atoms with E-state index in [1.54, 1.807) is 6.08 Å². The highest BCUT2D eigenvalue weighted by molar-refractivity contribution is 5.89. The van der Waals surface area contributed by atoms with E-state index in [2.05, 4.69) is 135 Å². The van der Waals surface area contributed by atoms with Crippen LogP contribution in [0.4, 0.5) is 11.4 Å². The minimum atomic E-state index is -0.0267. The lowest BCUT2D eigenvalue weighted by Gasteiger charge is -2.29. The topological polar surface area (TPSA) is 3.24 Å². The van der Waals surface area contributed by atoms with Crippen molar-refractivity contribution >= 4 is 11.4 Å². The predicted octanol–water partition coefficient (Wildman–Crippen LogP) is 9.61. The Balaban J connectivity index is 1.75. The average molecular weight is 466 g/mol. The van der Waals surface area contributed by atoms with Crippen molar-refractivity contribution < 1.29 is 0 Å². The van der Waals surface area contributed by atoms with Crippen molar-refractivity contribution in [3.05, 3.63) is 157 Å². The van der Waals surface area contributed by atoms with Gasteiger partial charge in [0.05, 0.1) is 5.69 Å². The second-order valence-electron chi connectivity index (χ2n) is 9.54. The van der Waals surface area contributed by atoms with E-state index in [4.69, 9.17) is 0 Å². The van der Waals surface area contributed by atoms with Crippen LogP contribution in [0.2, 0.25) is 0 Å². The lowest BCUT2D eigenvalue weighted by Crippen LogP contribution is -2.17. The maximum atomic E-state index is 4.18. The molecular weight excluding hydrogens is 434 g/mol. The zero-order chi connectivity index (χ0) is 25.1. The van der Waals surface area contributed by atoms with Gasteiger partial charge in [0.1, 0.15) is 0 Å².